The number of carbonyl (C=O) groups is 2. The third-order valence-corrected chi connectivity index (χ3v) is 4.88. The molecule has 32 heavy (non-hydrogen) atoms. The van der Waals surface area contributed by atoms with Crippen LogP contribution < -0.4 is 15.5 Å². The van der Waals surface area contributed by atoms with Crippen LogP contribution >= 0.6 is 0 Å². The van der Waals surface area contributed by atoms with E-state index in [0.29, 0.717) is 44.4 Å². The van der Waals surface area contributed by atoms with Gasteiger partial charge in [-0.1, -0.05) is 12.1 Å². The highest BCUT2D eigenvalue weighted by Crippen LogP contribution is 2.14. The molecule has 0 aromatic carbocycles. The van der Waals surface area contributed by atoms with E-state index in [0.717, 1.165) is 37.8 Å². The van der Waals surface area contributed by atoms with Crippen LogP contribution in [0, 0.1) is 0 Å². The van der Waals surface area contributed by atoms with Crippen molar-refractivity contribution in [2.75, 3.05) is 69.0 Å². The summed E-state index contributed by atoms with van der Waals surface area (Å²) in [7, 11) is 0. The normalized spacial score (nSPS) is 16.0. The van der Waals surface area contributed by atoms with Gasteiger partial charge < -0.3 is 29.7 Å². The van der Waals surface area contributed by atoms with Gasteiger partial charge in [0.05, 0.1) is 33.0 Å². The molecule has 2 N–H and O–H groups in total. The lowest BCUT2D eigenvalue weighted by atomic mass is 10.3. The molecular weight excluding hydrogens is 414 g/mol. The van der Waals surface area contributed by atoms with Crippen molar-refractivity contribution in [3.63, 3.8) is 0 Å². The van der Waals surface area contributed by atoms with Gasteiger partial charge in [-0.2, -0.15) is 0 Å². The number of carbonyl (C=O) groups excluding carboxylic acids is 2. The van der Waals surface area contributed by atoms with Gasteiger partial charge in [0.15, 0.2) is 5.69 Å². The van der Waals surface area contributed by atoms with Crippen molar-refractivity contribution < 1.29 is 23.8 Å². The Morgan fingerprint density at radius 1 is 0.875 bits per heavy atom. The number of ether oxygens (including phenoxy) is 3. The molecule has 2 aromatic heterocycles. The number of hydrogen-bond donors (Lipinski definition) is 1. The summed E-state index contributed by atoms with van der Waals surface area (Å²) in [6, 6.07) is 10.7. The smallest absolute Gasteiger partial charge is 0.356 e. The molecular formula is C22H29N5O5. The van der Waals surface area contributed by atoms with Crippen LogP contribution in [0.1, 0.15) is 27.9 Å². The van der Waals surface area contributed by atoms with Gasteiger partial charge in [-0.15, -0.1) is 0 Å². The van der Waals surface area contributed by atoms with Crippen LogP contribution in [0.3, 0.4) is 0 Å². The standard InChI is InChI=1S/C12H16N2O3.C10H13N3O2/c1-2-17-12(15)10-4-3-5-11(13-10)14-6-8-16-9-7-14;11-10(14)8-2-1-3-9(12-8)13-4-6-15-7-5-13/h3-5H,2,6-9H2,1H3;1-3H,4-7H2,(H2,11,14). The first-order valence-electron chi connectivity index (χ1n) is 10.6. The largest absolute Gasteiger partial charge is 0.461 e. The second-order valence-electron chi connectivity index (χ2n) is 7.05. The number of pyridine rings is 2. The lowest BCUT2D eigenvalue weighted by Crippen LogP contribution is -2.37. The van der Waals surface area contributed by atoms with Gasteiger partial charge in [0.1, 0.15) is 17.3 Å². The average Bonchev–Trinajstić information content (AvgIpc) is 2.86. The summed E-state index contributed by atoms with van der Waals surface area (Å²) in [4.78, 5) is 35.2. The number of hydrogen-bond acceptors (Lipinski definition) is 9. The van der Waals surface area contributed by atoms with E-state index < -0.39 is 5.91 Å². The van der Waals surface area contributed by atoms with E-state index in [9.17, 15) is 9.59 Å². The fourth-order valence-electron chi connectivity index (χ4n) is 3.24. The summed E-state index contributed by atoms with van der Waals surface area (Å²) in [6.45, 7) is 8.15. The molecule has 4 rings (SSSR count). The monoisotopic (exact) mass is 443 g/mol. The molecule has 1 amide bonds. The fourth-order valence-corrected chi connectivity index (χ4v) is 3.24. The van der Waals surface area contributed by atoms with Crippen LogP contribution in [0.4, 0.5) is 11.6 Å². The zero-order valence-electron chi connectivity index (χ0n) is 18.2. The number of rotatable bonds is 5. The minimum absolute atomic E-state index is 0.305. The summed E-state index contributed by atoms with van der Waals surface area (Å²) in [5.41, 5.74) is 5.83. The van der Waals surface area contributed by atoms with Gasteiger partial charge in [-0.25, -0.2) is 14.8 Å². The zero-order valence-corrected chi connectivity index (χ0v) is 18.2. The number of nitrogens with two attached hydrogens (primary N) is 1. The molecule has 0 aliphatic carbocycles. The molecule has 2 aliphatic heterocycles. The molecule has 0 spiro atoms. The second-order valence-corrected chi connectivity index (χ2v) is 7.05. The highest BCUT2D eigenvalue weighted by Gasteiger charge is 2.15. The van der Waals surface area contributed by atoms with Crippen LogP contribution in [0.15, 0.2) is 36.4 Å². The predicted octanol–water partition coefficient (Wildman–Crippen LogP) is 1.11. The van der Waals surface area contributed by atoms with Crippen LogP contribution in [0.5, 0.6) is 0 Å². The van der Waals surface area contributed by atoms with Crippen LogP contribution in [-0.4, -0.2) is 81.1 Å². The minimum Gasteiger partial charge on any atom is -0.461 e. The van der Waals surface area contributed by atoms with Crippen molar-refractivity contribution in [2.24, 2.45) is 5.73 Å². The summed E-state index contributed by atoms with van der Waals surface area (Å²) in [6.07, 6.45) is 0. The molecule has 2 aliphatic rings. The van der Waals surface area contributed by atoms with E-state index in [1.165, 1.54) is 0 Å². The molecule has 0 atom stereocenters. The summed E-state index contributed by atoms with van der Waals surface area (Å²) in [5, 5.41) is 0. The summed E-state index contributed by atoms with van der Waals surface area (Å²) >= 11 is 0. The maximum atomic E-state index is 11.6. The lowest BCUT2D eigenvalue weighted by Gasteiger charge is -2.27. The van der Waals surface area contributed by atoms with Gasteiger partial charge in [0.25, 0.3) is 5.91 Å². The Bertz CT molecular complexity index is 898. The number of nitrogens with zero attached hydrogens (tertiary/aromatic N) is 4. The molecule has 10 nitrogen and oxygen atoms in total. The number of morpholine rings is 2. The van der Waals surface area contributed by atoms with E-state index in [1.807, 2.05) is 18.2 Å². The first kappa shape index (κ1) is 23.4. The SMILES string of the molecule is CCOC(=O)c1cccc(N2CCOCC2)n1.NC(=O)c1cccc(N2CCOCC2)n1. The Balaban J connectivity index is 0.000000182. The molecule has 172 valence electrons. The zero-order chi connectivity index (χ0) is 22.8. The van der Waals surface area contributed by atoms with E-state index >= 15 is 0 Å². The number of amides is 1. The van der Waals surface area contributed by atoms with Crippen molar-refractivity contribution in [1.29, 1.82) is 0 Å². The second kappa shape index (κ2) is 12.0. The molecule has 2 saturated heterocycles. The number of aromatic nitrogens is 2. The highest BCUT2D eigenvalue weighted by molar-refractivity contribution is 5.91. The fraction of sp³-hybridized carbons (Fsp3) is 0.455. The quantitative estimate of drug-likeness (QED) is 0.678. The van der Waals surface area contributed by atoms with Crippen molar-refractivity contribution in [2.45, 2.75) is 6.92 Å². The molecule has 0 radical (unpaired) electrons. The van der Waals surface area contributed by atoms with Gasteiger partial charge in [-0.3, -0.25) is 4.79 Å². The number of anilines is 2. The average molecular weight is 444 g/mol. The van der Waals surface area contributed by atoms with Gasteiger partial charge >= 0.3 is 5.97 Å². The Hall–Kier alpha value is -3.24. The molecule has 2 fully saturated rings. The van der Waals surface area contributed by atoms with E-state index in [1.54, 1.807) is 25.1 Å². The third-order valence-electron chi connectivity index (χ3n) is 4.88. The van der Waals surface area contributed by atoms with Gasteiger partial charge in [0.2, 0.25) is 0 Å². The third kappa shape index (κ3) is 6.63. The molecule has 0 saturated carbocycles. The molecule has 4 heterocycles. The Kier molecular flexibility index (Phi) is 8.76. The molecule has 0 unspecified atom stereocenters. The van der Waals surface area contributed by atoms with Crippen molar-refractivity contribution in [1.82, 2.24) is 9.97 Å². The summed E-state index contributed by atoms with van der Waals surface area (Å²) in [5.74, 6) is 0.723. The van der Waals surface area contributed by atoms with E-state index in [-0.39, 0.29) is 5.97 Å². The first-order chi connectivity index (χ1) is 15.6. The van der Waals surface area contributed by atoms with Crippen molar-refractivity contribution in [3.8, 4) is 0 Å². The maximum Gasteiger partial charge on any atom is 0.356 e. The molecule has 0 bridgehead atoms. The van der Waals surface area contributed by atoms with E-state index in [4.69, 9.17) is 19.9 Å². The Morgan fingerprint density at radius 3 is 1.81 bits per heavy atom. The van der Waals surface area contributed by atoms with Crippen molar-refractivity contribution >= 4 is 23.5 Å². The molecule has 2 aromatic rings. The van der Waals surface area contributed by atoms with Crippen LogP contribution in [-0.2, 0) is 14.2 Å². The Labute approximate surface area is 187 Å². The van der Waals surface area contributed by atoms with Crippen LogP contribution in [0.2, 0.25) is 0 Å². The van der Waals surface area contributed by atoms with Crippen molar-refractivity contribution in [3.05, 3.63) is 47.8 Å². The Morgan fingerprint density at radius 2 is 1.34 bits per heavy atom. The van der Waals surface area contributed by atoms with Gasteiger partial charge in [0, 0.05) is 26.2 Å². The minimum atomic E-state index is -0.495. The topological polar surface area (TPSA) is 120 Å². The summed E-state index contributed by atoms with van der Waals surface area (Å²) < 4.78 is 15.4. The highest BCUT2D eigenvalue weighted by atomic mass is 16.5. The number of primary amides is 1. The molecule has 10 heteroatoms. The lowest BCUT2D eigenvalue weighted by molar-refractivity contribution is 0.0519. The van der Waals surface area contributed by atoms with Gasteiger partial charge in [-0.05, 0) is 31.2 Å². The predicted molar refractivity (Wildman–Crippen MR) is 119 cm³/mol. The van der Waals surface area contributed by atoms with Crippen LogP contribution in [0.25, 0.3) is 0 Å². The first-order valence-corrected chi connectivity index (χ1v) is 10.6. The maximum absolute atomic E-state index is 11.6. The number of esters is 1. The van der Waals surface area contributed by atoms with E-state index in [2.05, 4.69) is 19.8 Å².